The van der Waals surface area contributed by atoms with Gasteiger partial charge in [-0.05, 0) is 37.6 Å². The molecule has 7 heteroatoms. The number of anilines is 1. The topological polar surface area (TPSA) is 78.3 Å². The fourth-order valence-corrected chi connectivity index (χ4v) is 2.80. The zero-order valence-electron chi connectivity index (χ0n) is 15.2. The number of benzene rings is 1. The van der Waals surface area contributed by atoms with Crippen molar-refractivity contribution in [3.63, 3.8) is 0 Å². The Balaban J connectivity index is 1.88. The van der Waals surface area contributed by atoms with Crippen LogP contribution in [0.3, 0.4) is 0 Å². The zero-order chi connectivity index (χ0) is 18.5. The number of rotatable bonds is 7. The van der Waals surface area contributed by atoms with E-state index in [9.17, 15) is 4.79 Å². The second kappa shape index (κ2) is 7.86. The van der Waals surface area contributed by atoms with Crippen LogP contribution in [0.5, 0.6) is 11.5 Å². The molecule has 2 aromatic heterocycles. The molecule has 7 nitrogen and oxygen atoms in total. The van der Waals surface area contributed by atoms with Crippen molar-refractivity contribution in [2.45, 2.75) is 26.9 Å². The minimum atomic E-state index is -0.161. The second-order valence-electron chi connectivity index (χ2n) is 5.65. The van der Waals surface area contributed by atoms with Crippen LogP contribution >= 0.6 is 0 Å². The summed E-state index contributed by atoms with van der Waals surface area (Å²) in [7, 11) is 1.61. The Morgan fingerprint density at radius 3 is 2.77 bits per heavy atom. The van der Waals surface area contributed by atoms with E-state index in [-0.39, 0.29) is 5.56 Å². The SMILES string of the molecule is CCOc1ccc(CNc2nc3ccncc3n(CC)c2=O)cc1OC. The number of hydrogen-bond donors (Lipinski definition) is 1. The van der Waals surface area contributed by atoms with E-state index in [1.165, 1.54) is 0 Å². The van der Waals surface area contributed by atoms with Gasteiger partial charge in [0.05, 0.1) is 30.9 Å². The van der Waals surface area contributed by atoms with Gasteiger partial charge < -0.3 is 19.4 Å². The minimum absolute atomic E-state index is 0.161. The van der Waals surface area contributed by atoms with Crippen LogP contribution < -0.4 is 20.3 Å². The van der Waals surface area contributed by atoms with Crippen molar-refractivity contribution >= 4 is 16.9 Å². The third-order valence-corrected chi connectivity index (χ3v) is 4.05. The molecule has 0 unspecified atom stereocenters. The maximum atomic E-state index is 12.7. The van der Waals surface area contributed by atoms with Crippen molar-refractivity contribution in [3.05, 3.63) is 52.6 Å². The number of fused-ring (bicyclic) bond motifs is 1. The van der Waals surface area contributed by atoms with Crippen molar-refractivity contribution in [2.75, 3.05) is 19.0 Å². The lowest BCUT2D eigenvalue weighted by atomic mass is 10.2. The first kappa shape index (κ1) is 17.7. The van der Waals surface area contributed by atoms with Gasteiger partial charge in [-0.25, -0.2) is 4.98 Å². The lowest BCUT2D eigenvalue weighted by Crippen LogP contribution is -2.25. The Labute approximate surface area is 151 Å². The summed E-state index contributed by atoms with van der Waals surface area (Å²) in [5.74, 6) is 1.68. The average Bonchev–Trinajstić information content (AvgIpc) is 2.67. The van der Waals surface area contributed by atoms with E-state index in [1.54, 1.807) is 30.1 Å². The Bertz CT molecular complexity index is 969. The summed E-state index contributed by atoms with van der Waals surface area (Å²) in [6, 6.07) is 7.49. The third kappa shape index (κ3) is 3.46. The number of hydrogen-bond acceptors (Lipinski definition) is 6. The van der Waals surface area contributed by atoms with Crippen molar-refractivity contribution in [1.82, 2.24) is 14.5 Å². The predicted molar refractivity (Wildman–Crippen MR) is 101 cm³/mol. The van der Waals surface area contributed by atoms with Gasteiger partial charge >= 0.3 is 0 Å². The standard InChI is InChI=1S/C19H22N4O3/c1-4-23-15-12-20-9-8-14(15)22-18(19(23)24)21-11-13-6-7-16(26-5-2)17(10-13)25-3/h6-10,12H,4-5,11H2,1-3H3,(H,21,22). The molecular weight excluding hydrogens is 332 g/mol. The molecule has 136 valence electrons. The smallest absolute Gasteiger partial charge is 0.293 e. The molecule has 0 bridgehead atoms. The minimum Gasteiger partial charge on any atom is -0.493 e. The first-order valence-corrected chi connectivity index (χ1v) is 8.56. The first-order chi connectivity index (χ1) is 12.7. The highest BCUT2D eigenvalue weighted by Crippen LogP contribution is 2.28. The molecule has 3 aromatic rings. The van der Waals surface area contributed by atoms with Crippen LogP contribution in [0.4, 0.5) is 5.82 Å². The highest BCUT2D eigenvalue weighted by Gasteiger charge is 2.11. The lowest BCUT2D eigenvalue weighted by Gasteiger charge is -2.13. The van der Waals surface area contributed by atoms with Crippen LogP contribution in [0, 0.1) is 0 Å². The molecule has 1 N–H and O–H groups in total. The monoisotopic (exact) mass is 354 g/mol. The van der Waals surface area contributed by atoms with Gasteiger partial charge in [0.25, 0.3) is 5.56 Å². The normalized spacial score (nSPS) is 10.7. The number of aromatic nitrogens is 3. The van der Waals surface area contributed by atoms with Gasteiger partial charge in [-0.1, -0.05) is 6.07 Å². The van der Waals surface area contributed by atoms with Gasteiger partial charge in [-0.3, -0.25) is 9.78 Å². The van der Waals surface area contributed by atoms with Gasteiger partial charge in [0.1, 0.15) is 0 Å². The van der Waals surface area contributed by atoms with Crippen LogP contribution in [0.15, 0.2) is 41.5 Å². The number of methoxy groups -OCH3 is 1. The Hall–Kier alpha value is -3.09. The zero-order valence-corrected chi connectivity index (χ0v) is 15.2. The van der Waals surface area contributed by atoms with Crippen LogP contribution in [0.25, 0.3) is 11.0 Å². The summed E-state index contributed by atoms with van der Waals surface area (Å²) in [5, 5.41) is 3.14. The first-order valence-electron chi connectivity index (χ1n) is 8.56. The molecule has 0 spiro atoms. The number of pyridine rings is 1. The molecule has 0 aliphatic rings. The van der Waals surface area contributed by atoms with Crippen molar-refractivity contribution in [3.8, 4) is 11.5 Å². The lowest BCUT2D eigenvalue weighted by molar-refractivity contribution is 0.310. The van der Waals surface area contributed by atoms with Gasteiger partial charge in [0.2, 0.25) is 0 Å². The molecule has 26 heavy (non-hydrogen) atoms. The maximum Gasteiger partial charge on any atom is 0.293 e. The van der Waals surface area contributed by atoms with Crippen molar-refractivity contribution < 1.29 is 9.47 Å². The summed E-state index contributed by atoms with van der Waals surface area (Å²) in [5.41, 5.74) is 2.26. The van der Waals surface area contributed by atoms with E-state index in [2.05, 4.69) is 15.3 Å². The molecule has 0 atom stereocenters. The maximum absolute atomic E-state index is 12.7. The molecular formula is C19H22N4O3. The number of nitrogens with one attached hydrogen (secondary N) is 1. The van der Waals surface area contributed by atoms with Crippen molar-refractivity contribution in [2.24, 2.45) is 0 Å². The van der Waals surface area contributed by atoms with Crippen molar-refractivity contribution in [1.29, 1.82) is 0 Å². The average molecular weight is 354 g/mol. The van der Waals surface area contributed by atoms with Crippen LogP contribution in [0.1, 0.15) is 19.4 Å². The van der Waals surface area contributed by atoms with Crippen LogP contribution in [-0.4, -0.2) is 28.3 Å². The van der Waals surface area contributed by atoms with Gasteiger partial charge in [-0.15, -0.1) is 0 Å². The molecule has 0 saturated carbocycles. The predicted octanol–water partition coefficient (Wildman–Crippen LogP) is 2.83. The Kier molecular flexibility index (Phi) is 5.36. The number of nitrogens with zero attached hydrogens (tertiary/aromatic N) is 3. The summed E-state index contributed by atoms with van der Waals surface area (Å²) in [6.45, 7) is 5.42. The summed E-state index contributed by atoms with van der Waals surface area (Å²) in [4.78, 5) is 21.2. The molecule has 0 aliphatic carbocycles. The quantitative estimate of drug-likeness (QED) is 0.703. The summed E-state index contributed by atoms with van der Waals surface area (Å²) in [6.07, 6.45) is 3.33. The summed E-state index contributed by atoms with van der Waals surface area (Å²) >= 11 is 0. The molecule has 0 saturated heterocycles. The molecule has 0 amide bonds. The van der Waals surface area contributed by atoms with E-state index in [4.69, 9.17) is 9.47 Å². The van der Waals surface area contributed by atoms with E-state index in [0.717, 1.165) is 16.6 Å². The Morgan fingerprint density at radius 2 is 2.04 bits per heavy atom. The largest absolute Gasteiger partial charge is 0.493 e. The summed E-state index contributed by atoms with van der Waals surface area (Å²) < 4.78 is 12.6. The number of aryl methyl sites for hydroxylation is 1. The fraction of sp³-hybridized carbons (Fsp3) is 0.316. The highest BCUT2D eigenvalue weighted by atomic mass is 16.5. The van der Waals surface area contributed by atoms with E-state index in [1.807, 2.05) is 32.0 Å². The number of ether oxygens (including phenoxy) is 2. The van der Waals surface area contributed by atoms with Gasteiger partial charge in [0.15, 0.2) is 17.3 Å². The highest BCUT2D eigenvalue weighted by molar-refractivity contribution is 5.75. The van der Waals surface area contributed by atoms with E-state index in [0.29, 0.717) is 37.0 Å². The van der Waals surface area contributed by atoms with E-state index >= 15 is 0 Å². The van der Waals surface area contributed by atoms with Crippen LogP contribution in [0.2, 0.25) is 0 Å². The molecule has 0 fully saturated rings. The van der Waals surface area contributed by atoms with E-state index < -0.39 is 0 Å². The van der Waals surface area contributed by atoms with Gasteiger partial charge in [-0.2, -0.15) is 0 Å². The fourth-order valence-electron chi connectivity index (χ4n) is 2.80. The third-order valence-electron chi connectivity index (χ3n) is 4.05. The molecule has 2 heterocycles. The second-order valence-corrected chi connectivity index (χ2v) is 5.65. The van der Waals surface area contributed by atoms with Gasteiger partial charge in [0, 0.05) is 19.3 Å². The molecule has 3 rings (SSSR count). The molecule has 1 aromatic carbocycles. The molecule has 0 radical (unpaired) electrons. The molecule has 0 aliphatic heterocycles. The van der Waals surface area contributed by atoms with Crippen LogP contribution in [-0.2, 0) is 13.1 Å². The Morgan fingerprint density at radius 1 is 1.19 bits per heavy atom.